The van der Waals surface area contributed by atoms with Crippen LogP contribution in [0.3, 0.4) is 0 Å². The van der Waals surface area contributed by atoms with Crippen LogP contribution in [0.2, 0.25) is 0 Å². The van der Waals surface area contributed by atoms with E-state index >= 15 is 0 Å². The number of carbonyl (C=O) groups is 1. The first-order valence-electron chi connectivity index (χ1n) is 5.17. The minimum atomic E-state index is 0.0705. The second-order valence-corrected chi connectivity index (χ2v) is 4.51. The van der Waals surface area contributed by atoms with Gasteiger partial charge in [-0.3, -0.25) is 4.79 Å². The van der Waals surface area contributed by atoms with Crippen LogP contribution in [0.1, 0.15) is 18.1 Å². The molecular weight excluding hydrogens is 218 g/mol. The molecule has 1 rings (SSSR count). The zero-order valence-electron chi connectivity index (χ0n) is 9.91. The molecule has 1 aromatic rings. The maximum absolute atomic E-state index is 10.9. The fraction of sp³-hybridized carbons (Fsp3) is 0.308. The van der Waals surface area contributed by atoms with Gasteiger partial charge < -0.3 is 5.32 Å². The van der Waals surface area contributed by atoms with Crippen LogP contribution in [-0.2, 0) is 11.3 Å². The zero-order chi connectivity index (χ0) is 12.0. The van der Waals surface area contributed by atoms with Crippen molar-refractivity contribution in [2.24, 2.45) is 0 Å². The normalized spacial score (nSPS) is 11.3. The third-order valence-electron chi connectivity index (χ3n) is 2.10. The number of benzene rings is 1. The van der Waals surface area contributed by atoms with E-state index in [4.69, 9.17) is 0 Å². The third-order valence-corrected chi connectivity index (χ3v) is 2.81. The standard InChI is InChI=1S/C13H17NOS/c1-10-5-4-6-12(7-10)9-14-13(16-3)8-11(2)15/h4-8,14H,9H2,1-3H3/b13-8-. The highest BCUT2D eigenvalue weighted by Crippen LogP contribution is 2.10. The molecule has 0 atom stereocenters. The van der Waals surface area contributed by atoms with Gasteiger partial charge in [-0.25, -0.2) is 0 Å². The molecule has 0 saturated carbocycles. The molecule has 0 amide bonds. The predicted molar refractivity (Wildman–Crippen MR) is 70.3 cm³/mol. The van der Waals surface area contributed by atoms with Gasteiger partial charge in [0.1, 0.15) is 0 Å². The lowest BCUT2D eigenvalue weighted by molar-refractivity contribution is -0.112. The minimum Gasteiger partial charge on any atom is -0.376 e. The Bertz CT molecular complexity index is 399. The molecule has 3 heteroatoms. The minimum absolute atomic E-state index is 0.0705. The van der Waals surface area contributed by atoms with Gasteiger partial charge in [0.25, 0.3) is 0 Å². The summed E-state index contributed by atoms with van der Waals surface area (Å²) in [7, 11) is 0. The molecule has 0 aliphatic heterocycles. The summed E-state index contributed by atoms with van der Waals surface area (Å²) >= 11 is 1.55. The molecular formula is C13H17NOS. The number of rotatable bonds is 5. The molecule has 0 bridgehead atoms. The monoisotopic (exact) mass is 235 g/mol. The van der Waals surface area contributed by atoms with Crippen molar-refractivity contribution >= 4 is 17.5 Å². The van der Waals surface area contributed by atoms with Gasteiger partial charge in [-0.15, -0.1) is 11.8 Å². The Labute approximate surface area is 101 Å². The molecule has 0 aliphatic carbocycles. The van der Waals surface area contributed by atoms with E-state index < -0.39 is 0 Å². The van der Waals surface area contributed by atoms with Crippen LogP contribution < -0.4 is 5.32 Å². The van der Waals surface area contributed by atoms with Crippen LogP contribution in [0.25, 0.3) is 0 Å². The third kappa shape index (κ3) is 4.53. The topological polar surface area (TPSA) is 29.1 Å². The van der Waals surface area contributed by atoms with Gasteiger partial charge >= 0.3 is 0 Å². The molecule has 0 fully saturated rings. The van der Waals surface area contributed by atoms with Crippen LogP contribution in [0.5, 0.6) is 0 Å². The lowest BCUT2D eigenvalue weighted by atomic mass is 10.1. The molecule has 0 aliphatic rings. The Kier molecular flexibility index (Phi) is 5.12. The second kappa shape index (κ2) is 6.38. The Balaban J connectivity index is 2.59. The molecule has 0 radical (unpaired) electrons. The smallest absolute Gasteiger partial charge is 0.155 e. The van der Waals surface area contributed by atoms with Crippen molar-refractivity contribution in [2.75, 3.05) is 6.26 Å². The van der Waals surface area contributed by atoms with Crippen molar-refractivity contribution in [3.63, 3.8) is 0 Å². The molecule has 1 N–H and O–H groups in total. The number of hydrogen-bond donors (Lipinski definition) is 1. The summed E-state index contributed by atoms with van der Waals surface area (Å²) in [4.78, 5) is 10.9. The first-order chi connectivity index (χ1) is 7.61. The molecule has 2 nitrogen and oxygen atoms in total. The molecule has 0 spiro atoms. The zero-order valence-corrected chi connectivity index (χ0v) is 10.7. The fourth-order valence-electron chi connectivity index (χ4n) is 1.38. The highest BCUT2D eigenvalue weighted by molar-refractivity contribution is 8.02. The van der Waals surface area contributed by atoms with Crippen molar-refractivity contribution < 1.29 is 4.79 Å². The molecule has 86 valence electrons. The van der Waals surface area contributed by atoms with Crippen LogP contribution >= 0.6 is 11.8 Å². The summed E-state index contributed by atoms with van der Waals surface area (Å²) in [6, 6.07) is 8.33. The highest BCUT2D eigenvalue weighted by Gasteiger charge is 1.97. The summed E-state index contributed by atoms with van der Waals surface area (Å²) < 4.78 is 0. The van der Waals surface area contributed by atoms with Crippen molar-refractivity contribution in [1.29, 1.82) is 0 Å². The van der Waals surface area contributed by atoms with E-state index in [1.54, 1.807) is 24.8 Å². The van der Waals surface area contributed by atoms with Crippen molar-refractivity contribution in [3.05, 3.63) is 46.5 Å². The number of allylic oxidation sites excluding steroid dienone is 1. The summed E-state index contributed by atoms with van der Waals surface area (Å²) in [6.07, 6.45) is 3.58. The summed E-state index contributed by atoms with van der Waals surface area (Å²) in [5.41, 5.74) is 2.48. The van der Waals surface area contributed by atoms with Crippen molar-refractivity contribution in [1.82, 2.24) is 5.32 Å². The average Bonchev–Trinajstić information content (AvgIpc) is 2.24. The van der Waals surface area contributed by atoms with Gasteiger partial charge in [-0.2, -0.15) is 0 Å². The van der Waals surface area contributed by atoms with Gasteiger partial charge in [0.15, 0.2) is 5.78 Å². The van der Waals surface area contributed by atoms with E-state index in [-0.39, 0.29) is 5.78 Å². The van der Waals surface area contributed by atoms with Gasteiger partial charge in [-0.1, -0.05) is 29.8 Å². The van der Waals surface area contributed by atoms with Crippen LogP contribution in [0.4, 0.5) is 0 Å². The van der Waals surface area contributed by atoms with E-state index in [0.29, 0.717) is 0 Å². The van der Waals surface area contributed by atoms with E-state index in [1.165, 1.54) is 11.1 Å². The SMILES string of the molecule is CS/C(=C\C(C)=O)NCc1cccc(C)c1. The largest absolute Gasteiger partial charge is 0.376 e. The van der Waals surface area contributed by atoms with E-state index in [9.17, 15) is 4.79 Å². The maximum atomic E-state index is 10.9. The molecule has 0 saturated heterocycles. The van der Waals surface area contributed by atoms with Crippen LogP contribution in [0.15, 0.2) is 35.4 Å². The lowest BCUT2D eigenvalue weighted by Crippen LogP contribution is -2.11. The number of ketones is 1. The number of carbonyl (C=O) groups excluding carboxylic acids is 1. The Hall–Kier alpha value is -1.22. The quantitative estimate of drug-likeness (QED) is 0.796. The molecule has 16 heavy (non-hydrogen) atoms. The molecule has 1 aromatic carbocycles. The van der Waals surface area contributed by atoms with E-state index in [2.05, 4.69) is 30.4 Å². The Morgan fingerprint density at radius 2 is 2.25 bits per heavy atom. The predicted octanol–water partition coefficient (Wildman–Crippen LogP) is 2.88. The Morgan fingerprint density at radius 3 is 2.81 bits per heavy atom. The van der Waals surface area contributed by atoms with Gasteiger partial charge in [0, 0.05) is 12.6 Å². The average molecular weight is 235 g/mol. The van der Waals surface area contributed by atoms with Gasteiger partial charge in [0.2, 0.25) is 0 Å². The second-order valence-electron chi connectivity index (χ2n) is 3.67. The first-order valence-corrected chi connectivity index (χ1v) is 6.40. The summed E-state index contributed by atoms with van der Waals surface area (Å²) in [5, 5.41) is 4.16. The van der Waals surface area contributed by atoms with Gasteiger partial charge in [0.05, 0.1) is 5.03 Å². The van der Waals surface area contributed by atoms with Crippen LogP contribution in [-0.4, -0.2) is 12.0 Å². The van der Waals surface area contributed by atoms with Crippen molar-refractivity contribution in [3.8, 4) is 0 Å². The highest BCUT2D eigenvalue weighted by atomic mass is 32.2. The van der Waals surface area contributed by atoms with E-state index in [0.717, 1.165) is 11.6 Å². The van der Waals surface area contributed by atoms with Crippen molar-refractivity contribution in [2.45, 2.75) is 20.4 Å². The number of nitrogens with one attached hydrogen (secondary N) is 1. The molecule has 0 heterocycles. The number of aryl methyl sites for hydroxylation is 1. The fourth-order valence-corrected chi connectivity index (χ4v) is 1.88. The van der Waals surface area contributed by atoms with E-state index in [1.807, 2.05) is 12.3 Å². The van der Waals surface area contributed by atoms with Gasteiger partial charge in [-0.05, 0) is 25.7 Å². The first kappa shape index (κ1) is 12.8. The molecule has 0 unspecified atom stereocenters. The molecule has 0 aromatic heterocycles. The Morgan fingerprint density at radius 1 is 1.50 bits per heavy atom. The lowest BCUT2D eigenvalue weighted by Gasteiger charge is -2.08. The maximum Gasteiger partial charge on any atom is 0.155 e. The van der Waals surface area contributed by atoms with Crippen LogP contribution in [0, 0.1) is 6.92 Å². The summed E-state index contributed by atoms with van der Waals surface area (Å²) in [5.74, 6) is 0.0705. The summed E-state index contributed by atoms with van der Waals surface area (Å²) in [6.45, 7) is 4.39. The number of hydrogen-bond acceptors (Lipinski definition) is 3. The number of thioether (sulfide) groups is 1.